The van der Waals surface area contributed by atoms with Crippen LogP contribution in [-0.4, -0.2) is 58.1 Å². The van der Waals surface area contributed by atoms with Gasteiger partial charge >= 0.3 is 0 Å². The van der Waals surface area contributed by atoms with Gasteiger partial charge < -0.3 is 14.4 Å². The fourth-order valence-electron chi connectivity index (χ4n) is 5.79. The number of nitrogens with zero attached hydrogens (tertiary/aromatic N) is 6. The lowest BCUT2D eigenvalue weighted by Gasteiger charge is -2.37. The number of tetrazole rings is 1. The van der Waals surface area contributed by atoms with Gasteiger partial charge in [-0.3, -0.25) is 0 Å². The van der Waals surface area contributed by atoms with E-state index in [1.165, 1.54) is 23.3 Å². The minimum absolute atomic E-state index is 0.0291. The second-order valence-electron chi connectivity index (χ2n) is 12.1. The summed E-state index contributed by atoms with van der Waals surface area (Å²) < 4.78 is 41.2. The van der Waals surface area contributed by atoms with Crippen LogP contribution in [0.5, 0.6) is 5.75 Å². The molecule has 10 heteroatoms. The molecule has 0 N–H and O–H groups in total. The van der Waals surface area contributed by atoms with Crippen molar-refractivity contribution in [3.63, 3.8) is 0 Å². The molecule has 226 valence electrons. The summed E-state index contributed by atoms with van der Waals surface area (Å²) in [6.07, 6.45) is 5.63. The molecule has 0 bridgehead atoms. The molecule has 4 aromatic rings. The van der Waals surface area contributed by atoms with Crippen LogP contribution in [0.3, 0.4) is 0 Å². The van der Waals surface area contributed by atoms with Crippen molar-refractivity contribution in [2.45, 2.75) is 53.0 Å². The van der Waals surface area contributed by atoms with Crippen LogP contribution in [-0.2, 0) is 24.1 Å². The topological polar surface area (TPSA) is 78.2 Å². The number of halogens is 2. The van der Waals surface area contributed by atoms with E-state index in [9.17, 15) is 0 Å². The quantitative estimate of drug-likeness (QED) is 0.220. The molecule has 0 radical (unpaired) electrons. The zero-order valence-electron chi connectivity index (χ0n) is 25.0. The number of hydrogen-bond acceptors (Lipinski definition) is 7. The maximum atomic E-state index is 15.1. The predicted molar refractivity (Wildman–Crippen MR) is 161 cm³/mol. The molecule has 4 heterocycles. The number of aromatic nitrogens is 5. The number of ether oxygens (including phenoxy) is 2. The number of aryl methyl sites for hydroxylation is 2. The van der Waals surface area contributed by atoms with Crippen LogP contribution in [0.2, 0.25) is 0 Å². The summed E-state index contributed by atoms with van der Waals surface area (Å²) in [6, 6.07) is 12.2. The average Bonchev–Trinajstić information content (AvgIpc) is 3.48. The summed E-state index contributed by atoms with van der Waals surface area (Å²) in [7, 11) is 0. The first kappa shape index (κ1) is 29.2. The van der Waals surface area contributed by atoms with E-state index in [2.05, 4.69) is 47.1 Å². The van der Waals surface area contributed by atoms with E-state index in [0.717, 1.165) is 50.2 Å². The molecular formula is C33H38F2N6O2. The Bertz CT molecular complexity index is 1540. The van der Waals surface area contributed by atoms with Crippen molar-refractivity contribution < 1.29 is 18.3 Å². The number of pyridine rings is 1. The number of benzene rings is 2. The van der Waals surface area contributed by atoms with E-state index in [1.807, 2.05) is 18.3 Å². The third-order valence-electron chi connectivity index (χ3n) is 8.52. The third-order valence-corrected chi connectivity index (χ3v) is 8.52. The molecule has 2 aliphatic heterocycles. The van der Waals surface area contributed by atoms with Gasteiger partial charge in [-0.2, -0.15) is 4.80 Å². The molecule has 43 heavy (non-hydrogen) atoms. The summed E-state index contributed by atoms with van der Waals surface area (Å²) >= 11 is 0. The Hall–Kier alpha value is -3.92. The molecule has 2 saturated heterocycles. The monoisotopic (exact) mass is 588 g/mol. The van der Waals surface area contributed by atoms with Gasteiger partial charge in [0.1, 0.15) is 5.82 Å². The fraction of sp³-hybridized carbons (Fsp3) is 0.455. The Morgan fingerprint density at radius 1 is 0.953 bits per heavy atom. The maximum absolute atomic E-state index is 15.1. The Balaban J connectivity index is 1.05. The molecule has 6 rings (SSSR count). The molecule has 0 atom stereocenters. The van der Waals surface area contributed by atoms with E-state index >= 15 is 8.78 Å². The lowest BCUT2D eigenvalue weighted by Crippen LogP contribution is -2.43. The van der Waals surface area contributed by atoms with Crippen molar-refractivity contribution in [2.75, 3.05) is 37.8 Å². The highest BCUT2D eigenvalue weighted by Crippen LogP contribution is 2.32. The van der Waals surface area contributed by atoms with Crippen LogP contribution < -0.4 is 9.64 Å². The van der Waals surface area contributed by atoms with Crippen molar-refractivity contribution in [1.29, 1.82) is 0 Å². The van der Waals surface area contributed by atoms with Crippen molar-refractivity contribution in [3.05, 3.63) is 71.4 Å². The molecule has 2 aromatic carbocycles. The average molecular weight is 589 g/mol. The Kier molecular flexibility index (Phi) is 8.38. The van der Waals surface area contributed by atoms with Gasteiger partial charge in [0.2, 0.25) is 5.82 Å². The van der Waals surface area contributed by atoms with Crippen LogP contribution in [0.1, 0.15) is 44.7 Å². The van der Waals surface area contributed by atoms with Gasteiger partial charge in [-0.15, -0.1) is 10.2 Å². The first-order chi connectivity index (χ1) is 20.8. The Labute approximate surface area is 251 Å². The number of anilines is 1. The lowest BCUT2D eigenvalue weighted by molar-refractivity contribution is -0.113. The highest BCUT2D eigenvalue weighted by Gasteiger charge is 2.34. The number of piperidine rings is 1. The first-order valence-electron chi connectivity index (χ1n) is 15.1. The van der Waals surface area contributed by atoms with Crippen molar-refractivity contribution in [1.82, 2.24) is 25.2 Å². The van der Waals surface area contributed by atoms with Crippen LogP contribution in [0, 0.1) is 23.0 Å². The number of hydrogen-bond donors (Lipinski definition) is 0. The predicted octanol–water partition coefficient (Wildman–Crippen LogP) is 6.14. The highest BCUT2D eigenvalue weighted by molar-refractivity contribution is 5.68. The molecule has 0 saturated carbocycles. The van der Waals surface area contributed by atoms with E-state index in [4.69, 9.17) is 14.5 Å². The second-order valence-corrected chi connectivity index (χ2v) is 12.1. The largest absolute Gasteiger partial charge is 0.487 e. The first-order valence-corrected chi connectivity index (χ1v) is 15.1. The molecule has 0 spiro atoms. The summed E-state index contributed by atoms with van der Waals surface area (Å²) in [5, 5.41) is 12.8. The van der Waals surface area contributed by atoms with Gasteiger partial charge in [0.05, 0.1) is 26.4 Å². The highest BCUT2D eigenvalue weighted by atomic mass is 19.1. The van der Waals surface area contributed by atoms with Gasteiger partial charge in [-0.1, -0.05) is 51.1 Å². The van der Waals surface area contributed by atoms with Gasteiger partial charge in [0.15, 0.2) is 17.4 Å². The van der Waals surface area contributed by atoms with Crippen LogP contribution >= 0.6 is 0 Å². The van der Waals surface area contributed by atoms with Gasteiger partial charge in [-0.05, 0) is 71.2 Å². The molecule has 2 aliphatic rings. The normalized spacial score (nSPS) is 16.7. The molecule has 2 aromatic heterocycles. The maximum Gasteiger partial charge on any atom is 0.204 e. The zero-order chi connectivity index (χ0) is 30.0. The minimum atomic E-state index is -0.706. The van der Waals surface area contributed by atoms with E-state index in [-0.39, 0.29) is 23.7 Å². The fourth-order valence-corrected chi connectivity index (χ4v) is 5.79. The molecule has 0 amide bonds. The van der Waals surface area contributed by atoms with Crippen molar-refractivity contribution in [3.8, 4) is 28.3 Å². The third kappa shape index (κ3) is 6.39. The van der Waals surface area contributed by atoms with Crippen molar-refractivity contribution >= 4 is 5.82 Å². The van der Waals surface area contributed by atoms with Gasteiger partial charge in [0.25, 0.3) is 0 Å². The molecule has 2 fully saturated rings. The van der Waals surface area contributed by atoms with Gasteiger partial charge in [-0.25, -0.2) is 13.8 Å². The van der Waals surface area contributed by atoms with E-state index in [1.54, 1.807) is 16.9 Å². The standard InChI is InChI=1S/C33H38F2N6O2/c1-4-22-14-24(5-2)32(36-17-22)40-12-10-23(11-13-40)18-43-30-28(34)15-27(16-29(30)35)25-6-8-26(9-7-25)31-37-39-41(38-31)19-33(3)20-42-21-33/h6-9,14-17,23H,4-5,10-13,18-21H2,1-3H3. The lowest BCUT2D eigenvalue weighted by atomic mass is 9.89. The summed E-state index contributed by atoms with van der Waals surface area (Å²) in [5.74, 6) is 0.0397. The Morgan fingerprint density at radius 3 is 2.28 bits per heavy atom. The summed E-state index contributed by atoms with van der Waals surface area (Å²) in [4.78, 5) is 8.64. The smallest absolute Gasteiger partial charge is 0.204 e. The van der Waals surface area contributed by atoms with Crippen molar-refractivity contribution in [2.24, 2.45) is 11.3 Å². The SMILES string of the molecule is CCc1cnc(N2CCC(COc3c(F)cc(-c4ccc(-c5nnn(CC6(C)COC6)n5)cc4)cc3F)CC2)c(CC)c1. The minimum Gasteiger partial charge on any atom is -0.487 e. The molecule has 0 aliphatic carbocycles. The van der Waals surface area contributed by atoms with Gasteiger partial charge in [0, 0.05) is 30.3 Å². The van der Waals surface area contributed by atoms with E-state index in [0.29, 0.717) is 36.7 Å². The Morgan fingerprint density at radius 2 is 1.65 bits per heavy atom. The molecule has 0 unspecified atom stereocenters. The number of rotatable bonds is 10. The van der Waals surface area contributed by atoms with Crippen LogP contribution in [0.25, 0.3) is 22.5 Å². The summed E-state index contributed by atoms with van der Waals surface area (Å²) in [5.41, 5.74) is 4.43. The molecular weight excluding hydrogens is 550 g/mol. The zero-order valence-corrected chi connectivity index (χ0v) is 25.0. The van der Waals surface area contributed by atoms with E-state index < -0.39 is 11.6 Å². The summed E-state index contributed by atoms with van der Waals surface area (Å²) in [6.45, 7) is 10.4. The second kappa shape index (κ2) is 12.4. The van der Waals surface area contributed by atoms with Crippen LogP contribution in [0.15, 0.2) is 48.7 Å². The van der Waals surface area contributed by atoms with Crippen LogP contribution in [0.4, 0.5) is 14.6 Å². The molecule has 8 nitrogen and oxygen atoms in total.